The Morgan fingerprint density at radius 3 is 2.54 bits per heavy atom. The van der Waals surface area contributed by atoms with Crippen molar-refractivity contribution in [1.29, 1.82) is 0 Å². The molecule has 0 saturated carbocycles. The summed E-state index contributed by atoms with van der Waals surface area (Å²) < 4.78 is 0. The average molecular weight is 203 g/mol. The van der Waals surface area contributed by atoms with Gasteiger partial charge in [0.1, 0.15) is 0 Å². The number of guanidine groups is 1. The Bertz CT molecular complexity index is 161. The molecule has 0 aliphatic rings. The first-order chi connectivity index (χ1) is 5.95. The van der Waals surface area contributed by atoms with Crippen LogP contribution in [-0.4, -0.2) is 30.1 Å². The zero-order valence-electron chi connectivity index (χ0n) is 9.05. The highest BCUT2D eigenvalue weighted by atomic mass is 32.2. The van der Waals surface area contributed by atoms with Gasteiger partial charge in [-0.15, -0.1) is 0 Å². The van der Waals surface area contributed by atoms with E-state index >= 15 is 0 Å². The lowest BCUT2D eigenvalue weighted by Gasteiger charge is -2.20. The maximum Gasteiger partial charge on any atom is 0.188 e. The maximum atomic E-state index is 5.67. The van der Waals surface area contributed by atoms with Gasteiger partial charge in [-0.1, -0.05) is 0 Å². The number of hydrogen-bond acceptors (Lipinski definition) is 2. The highest BCUT2D eigenvalue weighted by Gasteiger charge is 2.08. The monoisotopic (exact) mass is 203 g/mol. The van der Waals surface area contributed by atoms with Crippen molar-refractivity contribution >= 4 is 17.7 Å². The number of nitrogens with zero attached hydrogens (tertiary/aromatic N) is 1. The fourth-order valence-electron chi connectivity index (χ4n) is 0.832. The van der Waals surface area contributed by atoms with Crippen LogP contribution in [0.25, 0.3) is 0 Å². The molecule has 0 aromatic heterocycles. The van der Waals surface area contributed by atoms with Crippen LogP contribution in [0.1, 0.15) is 27.2 Å². The highest BCUT2D eigenvalue weighted by Crippen LogP contribution is 1.98. The molecule has 4 heteroatoms. The molecule has 78 valence electrons. The van der Waals surface area contributed by atoms with E-state index < -0.39 is 0 Å². The van der Waals surface area contributed by atoms with Gasteiger partial charge < -0.3 is 11.1 Å². The number of nitrogens with one attached hydrogen (secondary N) is 1. The molecule has 3 N–H and O–H groups in total. The summed E-state index contributed by atoms with van der Waals surface area (Å²) in [5, 5.41) is 3.12. The second kappa shape index (κ2) is 6.13. The Morgan fingerprint density at radius 2 is 2.08 bits per heavy atom. The van der Waals surface area contributed by atoms with Crippen molar-refractivity contribution in [2.45, 2.75) is 32.7 Å². The summed E-state index contributed by atoms with van der Waals surface area (Å²) in [5.74, 6) is 1.69. The van der Waals surface area contributed by atoms with Crippen LogP contribution in [0.4, 0.5) is 0 Å². The van der Waals surface area contributed by atoms with Crippen LogP contribution in [0.2, 0.25) is 0 Å². The minimum absolute atomic E-state index is 0.00703. The largest absolute Gasteiger partial charge is 0.370 e. The molecule has 3 nitrogen and oxygen atoms in total. The number of thioether (sulfide) groups is 1. The third-order valence-electron chi connectivity index (χ3n) is 1.29. The van der Waals surface area contributed by atoms with E-state index in [1.54, 1.807) is 0 Å². The Balaban J connectivity index is 3.63. The van der Waals surface area contributed by atoms with Gasteiger partial charge in [0.2, 0.25) is 0 Å². The van der Waals surface area contributed by atoms with Crippen molar-refractivity contribution in [3.8, 4) is 0 Å². The van der Waals surface area contributed by atoms with Crippen LogP contribution in [0.3, 0.4) is 0 Å². The Hall–Kier alpha value is -0.380. The molecule has 0 bridgehead atoms. The molecule has 0 radical (unpaired) electrons. The second-order valence-corrected chi connectivity index (χ2v) is 4.97. The number of nitrogens with two attached hydrogens (primary N) is 1. The molecule has 0 fully saturated rings. The zero-order valence-corrected chi connectivity index (χ0v) is 9.87. The fraction of sp³-hybridized carbons (Fsp3) is 0.889. The normalized spacial score (nSPS) is 13.1. The fourth-order valence-corrected chi connectivity index (χ4v) is 1.25. The lowest BCUT2D eigenvalue weighted by molar-refractivity contribution is 0.508. The van der Waals surface area contributed by atoms with E-state index in [4.69, 9.17) is 5.73 Å². The molecule has 0 unspecified atom stereocenters. The Labute approximate surface area is 85.6 Å². The van der Waals surface area contributed by atoms with Gasteiger partial charge in [0, 0.05) is 12.1 Å². The smallest absolute Gasteiger partial charge is 0.188 e. The van der Waals surface area contributed by atoms with Crippen LogP contribution < -0.4 is 11.1 Å². The lowest BCUT2D eigenvalue weighted by Crippen LogP contribution is -2.45. The first-order valence-electron chi connectivity index (χ1n) is 4.53. The SMILES string of the molecule is CSCCCN=C(N)NC(C)(C)C. The van der Waals surface area contributed by atoms with Crippen molar-refractivity contribution < 1.29 is 0 Å². The summed E-state index contributed by atoms with van der Waals surface area (Å²) in [5.41, 5.74) is 5.68. The lowest BCUT2D eigenvalue weighted by atomic mass is 10.1. The zero-order chi connectivity index (χ0) is 10.3. The molecular weight excluding hydrogens is 182 g/mol. The molecule has 0 saturated heterocycles. The van der Waals surface area contributed by atoms with Gasteiger partial charge in [0.25, 0.3) is 0 Å². The Morgan fingerprint density at radius 1 is 1.46 bits per heavy atom. The Kier molecular flexibility index (Phi) is 5.95. The molecule has 0 rings (SSSR count). The molecule has 0 spiro atoms. The first-order valence-corrected chi connectivity index (χ1v) is 5.92. The van der Waals surface area contributed by atoms with E-state index in [0.717, 1.165) is 18.7 Å². The number of rotatable bonds is 4. The third kappa shape index (κ3) is 9.53. The summed E-state index contributed by atoms with van der Waals surface area (Å²) in [6, 6.07) is 0. The second-order valence-electron chi connectivity index (χ2n) is 3.99. The van der Waals surface area contributed by atoms with Gasteiger partial charge in [0.05, 0.1) is 0 Å². The highest BCUT2D eigenvalue weighted by molar-refractivity contribution is 7.98. The van der Waals surface area contributed by atoms with Crippen molar-refractivity contribution in [2.24, 2.45) is 10.7 Å². The van der Waals surface area contributed by atoms with Gasteiger partial charge in [-0.05, 0) is 39.2 Å². The molecular formula is C9H21N3S. The topological polar surface area (TPSA) is 50.4 Å². The molecule has 0 aliphatic carbocycles. The molecule has 0 aromatic rings. The van der Waals surface area contributed by atoms with Crippen molar-refractivity contribution in [1.82, 2.24) is 5.32 Å². The van der Waals surface area contributed by atoms with Gasteiger partial charge in [-0.3, -0.25) is 4.99 Å². The van der Waals surface area contributed by atoms with E-state index in [0.29, 0.717) is 5.96 Å². The van der Waals surface area contributed by atoms with Crippen LogP contribution in [0, 0.1) is 0 Å². The van der Waals surface area contributed by atoms with Crippen LogP contribution >= 0.6 is 11.8 Å². The van der Waals surface area contributed by atoms with Crippen molar-refractivity contribution in [3.63, 3.8) is 0 Å². The predicted molar refractivity (Wildman–Crippen MR) is 62.4 cm³/mol. The predicted octanol–water partition coefficient (Wildman–Crippen LogP) is 1.44. The summed E-state index contributed by atoms with van der Waals surface area (Å²) in [7, 11) is 0. The average Bonchev–Trinajstić information content (AvgIpc) is 1.94. The van der Waals surface area contributed by atoms with Gasteiger partial charge >= 0.3 is 0 Å². The van der Waals surface area contributed by atoms with E-state index in [1.807, 2.05) is 11.8 Å². The summed E-state index contributed by atoms with van der Waals surface area (Å²) >= 11 is 1.84. The third-order valence-corrected chi connectivity index (χ3v) is 1.99. The van der Waals surface area contributed by atoms with Crippen LogP contribution in [0.15, 0.2) is 4.99 Å². The number of aliphatic imine (C=N–C) groups is 1. The standard InChI is InChI=1S/C9H21N3S/c1-9(2,3)12-8(10)11-6-5-7-13-4/h5-7H2,1-4H3,(H3,10,11,12). The van der Waals surface area contributed by atoms with Gasteiger partial charge in [-0.2, -0.15) is 11.8 Å². The maximum absolute atomic E-state index is 5.67. The van der Waals surface area contributed by atoms with E-state index in [1.165, 1.54) is 0 Å². The molecule has 13 heavy (non-hydrogen) atoms. The van der Waals surface area contributed by atoms with Crippen molar-refractivity contribution in [3.05, 3.63) is 0 Å². The van der Waals surface area contributed by atoms with Crippen LogP contribution in [-0.2, 0) is 0 Å². The summed E-state index contributed by atoms with van der Waals surface area (Å²) in [6.45, 7) is 7.02. The molecule has 0 heterocycles. The molecule has 0 atom stereocenters. The summed E-state index contributed by atoms with van der Waals surface area (Å²) in [4.78, 5) is 4.22. The summed E-state index contributed by atoms with van der Waals surface area (Å²) in [6.07, 6.45) is 3.19. The first kappa shape index (κ1) is 12.6. The van der Waals surface area contributed by atoms with E-state index in [-0.39, 0.29) is 5.54 Å². The number of hydrogen-bond donors (Lipinski definition) is 2. The quantitative estimate of drug-likeness (QED) is 0.413. The van der Waals surface area contributed by atoms with Crippen LogP contribution in [0.5, 0.6) is 0 Å². The van der Waals surface area contributed by atoms with Gasteiger partial charge in [0.15, 0.2) is 5.96 Å². The minimum atomic E-state index is 0.00703. The van der Waals surface area contributed by atoms with Crippen molar-refractivity contribution in [2.75, 3.05) is 18.6 Å². The molecule has 0 aliphatic heterocycles. The molecule has 0 amide bonds. The van der Waals surface area contributed by atoms with Gasteiger partial charge in [-0.25, -0.2) is 0 Å². The minimum Gasteiger partial charge on any atom is -0.370 e. The molecule has 0 aromatic carbocycles. The van der Waals surface area contributed by atoms with E-state index in [9.17, 15) is 0 Å². The van der Waals surface area contributed by atoms with E-state index in [2.05, 4.69) is 37.3 Å².